The number of nitrogens with zero attached hydrogens (tertiary/aromatic N) is 1. The smallest absolute Gasteiger partial charge is 0.210 e. The summed E-state index contributed by atoms with van der Waals surface area (Å²) in [5.74, 6) is 6.22. The fourth-order valence-electron chi connectivity index (χ4n) is 2.45. The number of hydrazine groups is 1. The van der Waals surface area contributed by atoms with Gasteiger partial charge in [-0.2, -0.15) is 0 Å². The van der Waals surface area contributed by atoms with Crippen LogP contribution in [0.25, 0.3) is 0 Å². The number of guanidine groups is 1. The first-order valence-electron chi connectivity index (χ1n) is 7.08. The van der Waals surface area contributed by atoms with Crippen LogP contribution in [0.1, 0.15) is 43.2 Å². The van der Waals surface area contributed by atoms with Gasteiger partial charge in [0.05, 0.1) is 6.04 Å². The summed E-state index contributed by atoms with van der Waals surface area (Å²) >= 11 is 0. The highest BCUT2D eigenvalue weighted by Crippen LogP contribution is 2.20. The number of hydrogen-bond acceptors (Lipinski definition) is 2. The van der Waals surface area contributed by atoms with E-state index >= 15 is 0 Å². The summed E-state index contributed by atoms with van der Waals surface area (Å²) in [5.41, 5.74) is 6.25. The topological polar surface area (TPSA) is 62.4 Å². The van der Waals surface area contributed by atoms with E-state index in [-0.39, 0.29) is 0 Å². The van der Waals surface area contributed by atoms with E-state index in [1.807, 2.05) is 0 Å². The third kappa shape index (κ3) is 3.96. The molecule has 4 nitrogen and oxygen atoms in total. The molecular formula is C15H24N4. The number of aliphatic imine (C=N–C) groups is 1. The second-order valence-electron chi connectivity index (χ2n) is 5.34. The Hall–Kier alpha value is -1.55. The van der Waals surface area contributed by atoms with Crippen molar-refractivity contribution in [2.24, 2.45) is 10.8 Å². The second-order valence-corrected chi connectivity index (χ2v) is 5.34. The molecule has 0 spiro atoms. The minimum Gasteiger partial charge on any atom is -0.325 e. The minimum absolute atomic E-state index is 0.402. The number of anilines is 1. The van der Waals surface area contributed by atoms with Crippen LogP contribution in [0.2, 0.25) is 0 Å². The largest absolute Gasteiger partial charge is 0.325 e. The molecule has 0 radical (unpaired) electrons. The summed E-state index contributed by atoms with van der Waals surface area (Å²) in [4.78, 5) is 4.67. The summed E-state index contributed by atoms with van der Waals surface area (Å²) in [6, 6.07) is 6.67. The highest BCUT2D eigenvalue weighted by Gasteiger charge is 2.13. The molecule has 19 heavy (non-hydrogen) atoms. The fraction of sp³-hybridized carbons (Fsp3) is 0.533. The third-order valence-corrected chi connectivity index (χ3v) is 3.79. The highest BCUT2D eigenvalue weighted by atomic mass is 15.3. The van der Waals surface area contributed by atoms with Crippen LogP contribution in [-0.2, 0) is 0 Å². The lowest BCUT2D eigenvalue weighted by atomic mass is 9.96. The Labute approximate surface area is 115 Å². The van der Waals surface area contributed by atoms with Crippen LogP contribution in [0.4, 0.5) is 5.69 Å². The molecule has 1 aromatic rings. The van der Waals surface area contributed by atoms with Gasteiger partial charge in [0.15, 0.2) is 0 Å². The van der Waals surface area contributed by atoms with E-state index in [4.69, 9.17) is 5.84 Å². The molecule has 1 fully saturated rings. The van der Waals surface area contributed by atoms with Crippen LogP contribution in [0.15, 0.2) is 23.2 Å². The van der Waals surface area contributed by atoms with Crippen molar-refractivity contribution in [1.82, 2.24) is 5.43 Å². The van der Waals surface area contributed by atoms with Crippen LogP contribution >= 0.6 is 0 Å². The van der Waals surface area contributed by atoms with E-state index in [9.17, 15) is 0 Å². The average Bonchev–Trinajstić information content (AvgIpc) is 2.43. The standard InChI is InChI=1S/C15H24N4/c1-11-8-9-14(10-12(11)2)18-15(19-16)17-13-6-4-3-5-7-13/h8-10,13H,3-7,16H2,1-2H3,(H2,17,18,19). The number of aryl methyl sites for hydroxylation is 2. The van der Waals surface area contributed by atoms with Crippen LogP contribution < -0.4 is 16.6 Å². The maximum atomic E-state index is 5.56. The molecule has 2 rings (SSSR count). The first-order valence-corrected chi connectivity index (χ1v) is 7.08. The normalized spacial score (nSPS) is 17.3. The monoisotopic (exact) mass is 260 g/mol. The molecule has 4 heteroatoms. The summed E-state index contributed by atoms with van der Waals surface area (Å²) < 4.78 is 0. The molecule has 0 aliphatic heterocycles. The van der Waals surface area contributed by atoms with Gasteiger partial charge >= 0.3 is 0 Å². The van der Waals surface area contributed by atoms with Gasteiger partial charge in [-0.05, 0) is 49.9 Å². The van der Waals surface area contributed by atoms with E-state index in [0.717, 1.165) is 5.69 Å². The van der Waals surface area contributed by atoms with Gasteiger partial charge in [-0.1, -0.05) is 25.3 Å². The summed E-state index contributed by atoms with van der Waals surface area (Å²) in [7, 11) is 0. The van der Waals surface area contributed by atoms with Crippen LogP contribution in [0, 0.1) is 13.8 Å². The predicted molar refractivity (Wildman–Crippen MR) is 81.2 cm³/mol. The number of nitrogens with two attached hydrogens (primary N) is 1. The second kappa shape index (κ2) is 6.57. The molecule has 0 amide bonds. The Kier molecular flexibility index (Phi) is 4.80. The molecule has 0 saturated heterocycles. The quantitative estimate of drug-likeness (QED) is 0.331. The number of nitrogens with one attached hydrogen (secondary N) is 2. The number of rotatable bonds is 2. The van der Waals surface area contributed by atoms with E-state index in [0.29, 0.717) is 12.0 Å². The summed E-state index contributed by atoms with van der Waals surface area (Å²) in [6.45, 7) is 4.21. The first kappa shape index (κ1) is 13.9. The molecule has 4 N–H and O–H groups in total. The maximum absolute atomic E-state index is 5.56. The van der Waals surface area contributed by atoms with Gasteiger partial charge in [0, 0.05) is 5.69 Å². The zero-order chi connectivity index (χ0) is 13.7. The number of hydrogen-bond donors (Lipinski definition) is 3. The minimum atomic E-state index is 0.402. The Morgan fingerprint density at radius 3 is 2.53 bits per heavy atom. The fourth-order valence-corrected chi connectivity index (χ4v) is 2.45. The molecule has 0 bridgehead atoms. The van der Waals surface area contributed by atoms with Crippen molar-refractivity contribution in [3.63, 3.8) is 0 Å². The first-order chi connectivity index (χ1) is 9.19. The molecule has 0 aromatic heterocycles. The van der Waals surface area contributed by atoms with E-state index < -0.39 is 0 Å². The Bertz CT molecular complexity index is 447. The van der Waals surface area contributed by atoms with Crippen molar-refractivity contribution in [2.45, 2.75) is 52.0 Å². The molecule has 0 heterocycles. The molecular weight excluding hydrogens is 236 g/mol. The van der Waals surface area contributed by atoms with Crippen molar-refractivity contribution < 1.29 is 0 Å². The van der Waals surface area contributed by atoms with Gasteiger partial charge in [0.1, 0.15) is 0 Å². The van der Waals surface area contributed by atoms with Gasteiger partial charge in [-0.3, -0.25) is 5.43 Å². The zero-order valence-corrected chi connectivity index (χ0v) is 11.9. The number of benzene rings is 1. The van der Waals surface area contributed by atoms with Crippen molar-refractivity contribution in [2.75, 3.05) is 5.32 Å². The van der Waals surface area contributed by atoms with Gasteiger partial charge in [0.25, 0.3) is 0 Å². The predicted octanol–water partition coefficient (Wildman–Crippen LogP) is 2.87. The summed E-state index contributed by atoms with van der Waals surface area (Å²) in [5, 5.41) is 3.26. The maximum Gasteiger partial charge on any atom is 0.210 e. The lowest BCUT2D eigenvalue weighted by Gasteiger charge is -2.19. The van der Waals surface area contributed by atoms with Gasteiger partial charge < -0.3 is 5.32 Å². The molecule has 1 aliphatic rings. The van der Waals surface area contributed by atoms with Crippen molar-refractivity contribution in [3.05, 3.63) is 29.3 Å². The molecule has 104 valence electrons. The van der Waals surface area contributed by atoms with Crippen LogP contribution in [0.5, 0.6) is 0 Å². The average molecular weight is 260 g/mol. The Balaban J connectivity index is 2.05. The van der Waals surface area contributed by atoms with Gasteiger partial charge in [0.2, 0.25) is 5.96 Å². The van der Waals surface area contributed by atoms with Gasteiger partial charge in [-0.15, -0.1) is 0 Å². The van der Waals surface area contributed by atoms with E-state index in [2.05, 4.69) is 47.8 Å². The van der Waals surface area contributed by atoms with Crippen molar-refractivity contribution in [1.29, 1.82) is 0 Å². The highest BCUT2D eigenvalue weighted by molar-refractivity contribution is 5.93. The van der Waals surface area contributed by atoms with E-state index in [1.54, 1.807) is 0 Å². The SMILES string of the molecule is Cc1ccc(NC(=NC2CCCCC2)NN)cc1C. The van der Waals surface area contributed by atoms with Crippen molar-refractivity contribution in [3.8, 4) is 0 Å². The van der Waals surface area contributed by atoms with Crippen LogP contribution in [0.3, 0.4) is 0 Å². The zero-order valence-electron chi connectivity index (χ0n) is 11.9. The molecule has 1 aromatic carbocycles. The summed E-state index contributed by atoms with van der Waals surface area (Å²) in [6.07, 6.45) is 6.22. The van der Waals surface area contributed by atoms with Crippen LogP contribution in [-0.4, -0.2) is 12.0 Å². The van der Waals surface area contributed by atoms with Gasteiger partial charge in [-0.25, -0.2) is 10.8 Å². The molecule has 1 saturated carbocycles. The molecule has 1 aliphatic carbocycles. The van der Waals surface area contributed by atoms with Crippen molar-refractivity contribution >= 4 is 11.6 Å². The van der Waals surface area contributed by atoms with E-state index in [1.165, 1.54) is 43.2 Å². The third-order valence-electron chi connectivity index (χ3n) is 3.79. The Morgan fingerprint density at radius 1 is 1.16 bits per heavy atom. The lowest BCUT2D eigenvalue weighted by Crippen LogP contribution is -2.37. The lowest BCUT2D eigenvalue weighted by molar-refractivity contribution is 0.442. The molecule has 0 atom stereocenters. The Morgan fingerprint density at radius 2 is 1.89 bits per heavy atom. The molecule has 0 unspecified atom stereocenters.